The smallest absolute Gasteiger partial charge is 0.227 e. The Morgan fingerprint density at radius 3 is 2.80 bits per heavy atom. The fraction of sp³-hybridized carbons (Fsp3) is 0.353. The molecule has 1 atom stereocenters. The van der Waals surface area contributed by atoms with E-state index < -0.39 is 0 Å². The summed E-state index contributed by atoms with van der Waals surface area (Å²) in [5.74, 6) is 0.694. The third kappa shape index (κ3) is 2.68. The van der Waals surface area contributed by atoms with Crippen LogP contribution in [-0.4, -0.2) is 26.0 Å². The van der Waals surface area contributed by atoms with Gasteiger partial charge in [0, 0.05) is 19.2 Å². The lowest BCUT2D eigenvalue weighted by molar-refractivity contribution is -0.119. The van der Waals surface area contributed by atoms with Gasteiger partial charge >= 0.3 is 0 Å². The Labute approximate surface area is 119 Å². The fourth-order valence-electron chi connectivity index (χ4n) is 2.80. The molecule has 0 radical (unpaired) electrons. The number of carbonyl (C=O) groups excluding carboxylic acids is 1. The molecule has 104 valence electrons. The topological polar surface area (TPSA) is 32.3 Å². The number of anilines is 1. The molecule has 1 heterocycles. The minimum Gasteiger partial charge on any atom is -0.316 e. The van der Waals surface area contributed by atoms with E-state index in [-0.39, 0.29) is 5.91 Å². The Morgan fingerprint density at radius 1 is 1.25 bits per heavy atom. The van der Waals surface area contributed by atoms with Crippen molar-refractivity contribution in [1.82, 2.24) is 5.32 Å². The number of hydrogen-bond acceptors (Lipinski definition) is 2. The van der Waals surface area contributed by atoms with Crippen LogP contribution in [0.3, 0.4) is 0 Å². The van der Waals surface area contributed by atoms with Crippen molar-refractivity contribution < 1.29 is 4.79 Å². The van der Waals surface area contributed by atoms with Gasteiger partial charge in [-0.25, -0.2) is 0 Å². The van der Waals surface area contributed by atoms with E-state index in [0.717, 1.165) is 25.2 Å². The first-order valence-corrected chi connectivity index (χ1v) is 7.20. The summed E-state index contributed by atoms with van der Waals surface area (Å²) in [7, 11) is 1.87. The molecular weight excluding hydrogens is 248 g/mol. The number of carbonyl (C=O) groups is 1. The van der Waals surface area contributed by atoms with Gasteiger partial charge in [0.1, 0.15) is 0 Å². The molecule has 0 bridgehead atoms. The molecule has 1 aliphatic rings. The van der Waals surface area contributed by atoms with E-state index in [1.807, 2.05) is 25.2 Å². The average molecular weight is 268 g/mol. The Kier molecular flexibility index (Phi) is 3.70. The van der Waals surface area contributed by atoms with Gasteiger partial charge in [-0.3, -0.25) is 4.79 Å². The maximum Gasteiger partial charge on any atom is 0.227 e. The Bertz CT molecular complexity index is 617. The second kappa shape index (κ2) is 5.63. The molecular formula is C17H20N2O. The van der Waals surface area contributed by atoms with E-state index in [9.17, 15) is 4.79 Å². The van der Waals surface area contributed by atoms with Gasteiger partial charge in [-0.2, -0.15) is 0 Å². The van der Waals surface area contributed by atoms with Crippen LogP contribution in [0.4, 0.5) is 5.69 Å². The predicted molar refractivity (Wildman–Crippen MR) is 83.0 cm³/mol. The summed E-state index contributed by atoms with van der Waals surface area (Å²) in [4.78, 5) is 14.1. The van der Waals surface area contributed by atoms with Crippen LogP contribution in [0.1, 0.15) is 12.8 Å². The maximum atomic E-state index is 12.3. The number of nitrogens with one attached hydrogen (secondary N) is 1. The van der Waals surface area contributed by atoms with Crippen LogP contribution in [-0.2, 0) is 4.79 Å². The molecule has 1 fully saturated rings. The summed E-state index contributed by atoms with van der Waals surface area (Å²) in [6.07, 6.45) is 1.74. The van der Waals surface area contributed by atoms with Crippen LogP contribution in [0.5, 0.6) is 0 Å². The summed E-state index contributed by atoms with van der Waals surface area (Å²) in [6.45, 7) is 2.01. The number of amides is 1. The summed E-state index contributed by atoms with van der Waals surface area (Å²) in [6, 6.07) is 14.4. The zero-order valence-corrected chi connectivity index (χ0v) is 11.8. The molecule has 2 aromatic rings. The molecule has 3 nitrogen and oxygen atoms in total. The number of benzene rings is 2. The van der Waals surface area contributed by atoms with E-state index in [0.29, 0.717) is 12.3 Å². The highest BCUT2D eigenvalue weighted by Gasteiger charge is 2.20. The molecule has 0 aliphatic carbocycles. The number of fused-ring (bicyclic) bond motifs is 1. The lowest BCUT2D eigenvalue weighted by atomic mass is 10.0. The Hall–Kier alpha value is -1.87. The monoisotopic (exact) mass is 268 g/mol. The van der Waals surface area contributed by atoms with Crippen LogP contribution in [0.2, 0.25) is 0 Å². The molecule has 0 saturated carbocycles. The zero-order valence-electron chi connectivity index (χ0n) is 11.8. The molecule has 2 aromatic carbocycles. The molecule has 0 aromatic heterocycles. The Morgan fingerprint density at radius 2 is 2.05 bits per heavy atom. The van der Waals surface area contributed by atoms with Gasteiger partial charge in [-0.05, 0) is 48.3 Å². The SMILES string of the molecule is CN(C(=O)CC1CCNC1)c1ccc2ccccc2c1. The molecule has 1 amide bonds. The lowest BCUT2D eigenvalue weighted by Crippen LogP contribution is -2.28. The summed E-state index contributed by atoms with van der Waals surface area (Å²) in [5.41, 5.74) is 0.972. The summed E-state index contributed by atoms with van der Waals surface area (Å²) < 4.78 is 0. The summed E-state index contributed by atoms with van der Waals surface area (Å²) >= 11 is 0. The molecule has 1 aliphatic heterocycles. The standard InChI is InChI=1S/C17H20N2O/c1-19(17(20)10-13-8-9-18-12-13)16-7-6-14-4-2-3-5-15(14)11-16/h2-7,11,13,18H,8-10,12H2,1H3. The minimum absolute atomic E-state index is 0.203. The highest BCUT2D eigenvalue weighted by atomic mass is 16.2. The molecule has 1 saturated heterocycles. The molecule has 1 unspecified atom stereocenters. The molecule has 3 rings (SSSR count). The van der Waals surface area contributed by atoms with Crippen LogP contribution in [0.15, 0.2) is 42.5 Å². The normalized spacial score (nSPS) is 18.4. The van der Waals surface area contributed by atoms with Crippen molar-refractivity contribution in [2.24, 2.45) is 5.92 Å². The van der Waals surface area contributed by atoms with Gasteiger partial charge in [-0.15, -0.1) is 0 Å². The minimum atomic E-state index is 0.203. The highest BCUT2D eigenvalue weighted by Crippen LogP contribution is 2.23. The van der Waals surface area contributed by atoms with Gasteiger partial charge in [-0.1, -0.05) is 30.3 Å². The number of hydrogen-bond donors (Lipinski definition) is 1. The van der Waals surface area contributed by atoms with Crippen molar-refractivity contribution >= 4 is 22.4 Å². The van der Waals surface area contributed by atoms with Crippen molar-refractivity contribution in [1.29, 1.82) is 0 Å². The molecule has 3 heteroatoms. The summed E-state index contributed by atoms with van der Waals surface area (Å²) in [5, 5.41) is 5.69. The van der Waals surface area contributed by atoms with Crippen molar-refractivity contribution in [3.8, 4) is 0 Å². The second-order valence-corrected chi connectivity index (χ2v) is 5.55. The first-order valence-electron chi connectivity index (χ1n) is 7.20. The van der Waals surface area contributed by atoms with E-state index in [2.05, 4.69) is 29.6 Å². The van der Waals surface area contributed by atoms with Crippen LogP contribution in [0.25, 0.3) is 10.8 Å². The van der Waals surface area contributed by atoms with Crippen molar-refractivity contribution in [2.45, 2.75) is 12.8 Å². The van der Waals surface area contributed by atoms with E-state index in [1.165, 1.54) is 10.8 Å². The van der Waals surface area contributed by atoms with Gasteiger partial charge in [0.25, 0.3) is 0 Å². The predicted octanol–water partition coefficient (Wildman–Crippen LogP) is 2.80. The van der Waals surface area contributed by atoms with Gasteiger partial charge in [0.05, 0.1) is 0 Å². The van der Waals surface area contributed by atoms with Crippen molar-refractivity contribution in [3.05, 3.63) is 42.5 Å². The number of rotatable bonds is 3. The van der Waals surface area contributed by atoms with Crippen LogP contribution < -0.4 is 10.2 Å². The first-order chi connectivity index (χ1) is 9.74. The van der Waals surface area contributed by atoms with Crippen molar-refractivity contribution in [3.63, 3.8) is 0 Å². The van der Waals surface area contributed by atoms with E-state index in [4.69, 9.17) is 0 Å². The van der Waals surface area contributed by atoms with Gasteiger partial charge in [0.2, 0.25) is 5.91 Å². The largest absolute Gasteiger partial charge is 0.316 e. The van der Waals surface area contributed by atoms with Crippen LogP contribution in [0, 0.1) is 5.92 Å². The highest BCUT2D eigenvalue weighted by molar-refractivity contribution is 5.96. The number of nitrogens with zero attached hydrogens (tertiary/aromatic N) is 1. The maximum absolute atomic E-state index is 12.3. The van der Waals surface area contributed by atoms with Crippen LogP contribution >= 0.6 is 0 Å². The fourth-order valence-corrected chi connectivity index (χ4v) is 2.80. The first kappa shape index (κ1) is 13.1. The third-order valence-corrected chi connectivity index (χ3v) is 4.12. The van der Waals surface area contributed by atoms with Gasteiger partial charge < -0.3 is 10.2 Å². The molecule has 1 N–H and O–H groups in total. The van der Waals surface area contributed by atoms with E-state index >= 15 is 0 Å². The van der Waals surface area contributed by atoms with Crippen molar-refractivity contribution in [2.75, 3.05) is 25.0 Å². The Balaban J connectivity index is 1.76. The molecule has 0 spiro atoms. The quantitative estimate of drug-likeness (QED) is 0.928. The van der Waals surface area contributed by atoms with E-state index in [1.54, 1.807) is 4.90 Å². The average Bonchev–Trinajstić information content (AvgIpc) is 2.99. The van der Waals surface area contributed by atoms with Gasteiger partial charge in [0.15, 0.2) is 0 Å². The second-order valence-electron chi connectivity index (χ2n) is 5.55. The lowest BCUT2D eigenvalue weighted by Gasteiger charge is -2.19. The molecule has 20 heavy (non-hydrogen) atoms. The zero-order chi connectivity index (χ0) is 13.9. The third-order valence-electron chi connectivity index (χ3n) is 4.12.